The number of nitrogens with one attached hydrogen (secondary N) is 2. The van der Waals surface area contributed by atoms with Crippen LogP contribution in [0.1, 0.15) is 25.1 Å². The standard InChI is InChI=1S/C23H22ClN5O3S/c1-13-14(2)25-22(27-20(13)30)29-19(12-17(28-29)18-6-5-11-33-18)26-21(31)23(3,4)32-16-9-7-15(24)8-10-16/h5-12H,1-4H3,(H,26,31)(H,25,27,30). The summed E-state index contributed by atoms with van der Waals surface area (Å²) in [5.41, 5.74) is 0.251. The van der Waals surface area contributed by atoms with E-state index in [9.17, 15) is 9.59 Å². The van der Waals surface area contributed by atoms with Gasteiger partial charge in [-0.2, -0.15) is 9.78 Å². The number of nitrogens with zero attached hydrogens (tertiary/aromatic N) is 3. The van der Waals surface area contributed by atoms with E-state index in [1.54, 1.807) is 58.0 Å². The van der Waals surface area contributed by atoms with E-state index < -0.39 is 11.5 Å². The van der Waals surface area contributed by atoms with E-state index in [2.05, 4.69) is 20.4 Å². The van der Waals surface area contributed by atoms with Gasteiger partial charge in [0.15, 0.2) is 5.60 Å². The molecular weight excluding hydrogens is 462 g/mol. The van der Waals surface area contributed by atoms with Crippen molar-refractivity contribution in [3.05, 3.63) is 74.5 Å². The number of hydrogen-bond acceptors (Lipinski definition) is 6. The van der Waals surface area contributed by atoms with Gasteiger partial charge in [-0.3, -0.25) is 14.6 Å². The molecule has 4 rings (SSSR count). The predicted octanol–water partition coefficient (Wildman–Crippen LogP) is 4.75. The van der Waals surface area contributed by atoms with Crippen molar-refractivity contribution in [2.75, 3.05) is 5.32 Å². The lowest BCUT2D eigenvalue weighted by molar-refractivity contribution is -0.128. The summed E-state index contributed by atoms with van der Waals surface area (Å²) in [6, 6.07) is 12.3. The van der Waals surface area contributed by atoms with Crippen LogP contribution in [0.5, 0.6) is 5.75 Å². The molecule has 0 saturated carbocycles. The average molecular weight is 484 g/mol. The van der Waals surface area contributed by atoms with Crippen LogP contribution in [0, 0.1) is 13.8 Å². The number of carbonyl (C=O) groups is 1. The van der Waals surface area contributed by atoms with E-state index in [0.29, 0.717) is 33.5 Å². The Morgan fingerprint density at radius 3 is 2.58 bits per heavy atom. The van der Waals surface area contributed by atoms with Crippen LogP contribution in [0.2, 0.25) is 5.02 Å². The molecule has 1 aromatic carbocycles. The van der Waals surface area contributed by atoms with Crippen molar-refractivity contribution in [3.8, 4) is 22.3 Å². The zero-order valence-electron chi connectivity index (χ0n) is 18.5. The number of hydrogen-bond donors (Lipinski definition) is 2. The molecule has 10 heteroatoms. The Kier molecular flexibility index (Phi) is 6.09. The second-order valence-corrected chi connectivity index (χ2v) is 9.31. The van der Waals surface area contributed by atoms with Crippen molar-refractivity contribution < 1.29 is 9.53 Å². The summed E-state index contributed by atoms with van der Waals surface area (Å²) in [5.74, 6) is 0.662. The molecule has 4 aromatic rings. The molecule has 0 aliphatic heterocycles. The molecule has 0 unspecified atom stereocenters. The van der Waals surface area contributed by atoms with Gasteiger partial charge >= 0.3 is 0 Å². The van der Waals surface area contributed by atoms with Crippen LogP contribution < -0.4 is 15.6 Å². The first-order valence-corrected chi connectivity index (χ1v) is 11.4. The van der Waals surface area contributed by atoms with Gasteiger partial charge in [-0.1, -0.05) is 17.7 Å². The highest BCUT2D eigenvalue weighted by atomic mass is 35.5. The van der Waals surface area contributed by atoms with Crippen molar-refractivity contribution in [2.45, 2.75) is 33.3 Å². The van der Waals surface area contributed by atoms with E-state index in [1.165, 1.54) is 16.0 Å². The minimum absolute atomic E-state index is 0.206. The maximum absolute atomic E-state index is 13.2. The third-order valence-corrected chi connectivity index (χ3v) is 6.19. The lowest BCUT2D eigenvalue weighted by Gasteiger charge is -2.25. The Morgan fingerprint density at radius 2 is 1.94 bits per heavy atom. The number of carbonyl (C=O) groups excluding carboxylic acids is 1. The maximum Gasteiger partial charge on any atom is 0.269 e. The van der Waals surface area contributed by atoms with Crippen LogP contribution in [0.15, 0.2) is 52.6 Å². The van der Waals surface area contributed by atoms with Gasteiger partial charge in [-0.25, -0.2) is 4.98 Å². The number of rotatable bonds is 6. The molecule has 3 heterocycles. The number of amides is 1. The Bertz CT molecular complexity index is 1360. The van der Waals surface area contributed by atoms with Crippen molar-refractivity contribution in [1.29, 1.82) is 0 Å². The average Bonchev–Trinajstić information content (AvgIpc) is 3.43. The van der Waals surface area contributed by atoms with Gasteiger partial charge in [-0.15, -0.1) is 11.3 Å². The molecule has 0 fully saturated rings. The van der Waals surface area contributed by atoms with Gasteiger partial charge in [0.05, 0.1) is 4.88 Å². The van der Waals surface area contributed by atoms with Gasteiger partial charge in [0, 0.05) is 22.3 Å². The SMILES string of the molecule is Cc1nc(-n2nc(-c3cccs3)cc2NC(=O)C(C)(C)Oc2ccc(Cl)cc2)[nH]c(=O)c1C. The summed E-state index contributed by atoms with van der Waals surface area (Å²) >= 11 is 7.44. The summed E-state index contributed by atoms with van der Waals surface area (Å²) in [6.07, 6.45) is 0. The molecule has 0 aliphatic carbocycles. The van der Waals surface area contributed by atoms with Crippen LogP contribution in [-0.4, -0.2) is 31.3 Å². The van der Waals surface area contributed by atoms with Gasteiger partial charge < -0.3 is 10.1 Å². The molecule has 33 heavy (non-hydrogen) atoms. The molecular formula is C23H22ClN5O3S. The highest BCUT2D eigenvalue weighted by molar-refractivity contribution is 7.13. The topological polar surface area (TPSA) is 102 Å². The zero-order chi connectivity index (χ0) is 23.8. The number of aromatic amines is 1. The number of aryl methyl sites for hydroxylation is 1. The fraction of sp³-hybridized carbons (Fsp3) is 0.217. The molecule has 0 radical (unpaired) electrons. The van der Waals surface area contributed by atoms with Crippen LogP contribution >= 0.6 is 22.9 Å². The third kappa shape index (κ3) is 4.84. The first-order valence-electron chi connectivity index (χ1n) is 10.1. The normalized spacial score (nSPS) is 11.4. The van der Waals surface area contributed by atoms with E-state index in [1.807, 2.05) is 17.5 Å². The maximum atomic E-state index is 13.2. The molecule has 0 spiro atoms. The fourth-order valence-corrected chi connectivity index (χ4v) is 3.82. The molecule has 0 atom stereocenters. The van der Waals surface area contributed by atoms with Gasteiger partial charge in [0.2, 0.25) is 5.95 Å². The number of ether oxygens (including phenoxy) is 1. The number of benzene rings is 1. The number of halogens is 1. The lowest BCUT2D eigenvalue weighted by atomic mass is 10.1. The third-order valence-electron chi connectivity index (χ3n) is 5.04. The van der Waals surface area contributed by atoms with Gasteiger partial charge in [0.25, 0.3) is 11.5 Å². The molecule has 0 bridgehead atoms. The fourth-order valence-electron chi connectivity index (χ4n) is 3.02. The number of thiophene rings is 1. The number of anilines is 1. The number of aromatic nitrogens is 4. The quantitative estimate of drug-likeness (QED) is 0.412. The molecule has 3 aromatic heterocycles. The Morgan fingerprint density at radius 1 is 1.21 bits per heavy atom. The van der Waals surface area contributed by atoms with Crippen LogP contribution in [0.25, 0.3) is 16.5 Å². The molecule has 8 nitrogen and oxygen atoms in total. The molecule has 0 saturated heterocycles. The highest BCUT2D eigenvalue weighted by Crippen LogP contribution is 2.28. The predicted molar refractivity (Wildman–Crippen MR) is 130 cm³/mol. The van der Waals surface area contributed by atoms with Crippen LogP contribution in [0.3, 0.4) is 0 Å². The summed E-state index contributed by atoms with van der Waals surface area (Å²) in [7, 11) is 0. The van der Waals surface area contributed by atoms with E-state index in [0.717, 1.165) is 4.88 Å². The summed E-state index contributed by atoms with van der Waals surface area (Å²) < 4.78 is 7.31. The molecule has 0 aliphatic rings. The van der Waals surface area contributed by atoms with Crippen molar-refractivity contribution >= 4 is 34.7 Å². The highest BCUT2D eigenvalue weighted by Gasteiger charge is 2.31. The van der Waals surface area contributed by atoms with Crippen molar-refractivity contribution in [3.63, 3.8) is 0 Å². The number of H-pyrrole nitrogens is 1. The molecule has 170 valence electrons. The molecule has 2 N–H and O–H groups in total. The zero-order valence-corrected chi connectivity index (χ0v) is 20.0. The van der Waals surface area contributed by atoms with Crippen molar-refractivity contribution in [1.82, 2.24) is 19.7 Å². The Labute approximate surface area is 199 Å². The van der Waals surface area contributed by atoms with E-state index in [4.69, 9.17) is 16.3 Å². The van der Waals surface area contributed by atoms with Gasteiger partial charge in [0.1, 0.15) is 17.3 Å². The lowest BCUT2D eigenvalue weighted by Crippen LogP contribution is -2.43. The van der Waals surface area contributed by atoms with Crippen molar-refractivity contribution in [2.24, 2.45) is 0 Å². The Hall–Kier alpha value is -3.43. The summed E-state index contributed by atoms with van der Waals surface area (Å²) in [6.45, 7) is 6.77. The second kappa shape index (κ2) is 8.84. The van der Waals surface area contributed by atoms with Crippen LogP contribution in [-0.2, 0) is 4.79 Å². The van der Waals surface area contributed by atoms with E-state index >= 15 is 0 Å². The Balaban J connectivity index is 1.69. The minimum atomic E-state index is -1.21. The smallest absolute Gasteiger partial charge is 0.269 e. The van der Waals surface area contributed by atoms with Crippen LogP contribution in [0.4, 0.5) is 5.82 Å². The summed E-state index contributed by atoms with van der Waals surface area (Å²) in [5, 5.41) is 9.97. The molecule has 1 amide bonds. The first-order chi connectivity index (χ1) is 15.6. The minimum Gasteiger partial charge on any atom is -0.478 e. The van der Waals surface area contributed by atoms with E-state index in [-0.39, 0.29) is 11.5 Å². The summed E-state index contributed by atoms with van der Waals surface area (Å²) in [4.78, 5) is 33.6. The second-order valence-electron chi connectivity index (χ2n) is 7.92. The monoisotopic (exact) mass is 483 g/mol. The first kappa shape index (κ1) is 22.8. The largest absolute Gasteiger partial charge is 0.478 e. The van der Waals surface area contributed by atoms with Gasteiger partial charge in [-0.05, 0) is 63.4 Å².